The number of phenols is 1. The number of benzene rings is 1. The number of carboxylic acids is 1. The van der Waals surface area contributed by atoms with Crippen molar-refractivity contribution in [3.8, 4) is 5.75 Å². The van der Waals surface area contributed by atoms with E-state index < -0.39 is 18.6 Å². The normalized spacial score (nSPS) is 17.2. The Morgan fingerprint density at radius 2 is 1.68 bits per heavy atom. The summed E-state index contributed by atoms with van der Waals surface area (Å²) in [5.74, 6) is -2.61. The van der Waals surface area contributed by atoms with E-state index in [1.165, 1.54) is 6.07 Å². The third-order valence-corrected chi connectivity index (χ3v) is 4.93. The average molecular weight is 453 g/mol. The molecule has 1 aromatic carbocycles. The molecule has 0 saturated carbocycles. The lowest BCUT2D eigenvalue weighted by molar-refractivity contribution is -0.192. The fourth-order valence-corrected chi connectivity index (χ4v) is 3.09. The molecule has 0 aliphatic carbocycles. The second-order valence-corrected chi connectivity index (χ2v) is 7.00. The van der Waals surface area contributed by atoms with Crippen LogP contribution in [0.4, 0.5) is 22.0 Å². The van der Waals surface area contributed by atoms with Gasteiger partial charge in [-0.05, 0) is 37.9 Å². The summed E-state index contributed by atoms with van der Waals surface area (Å²) in [6, 6.07) is 2.58. The summed E-state index contributed by atoms with van der Waals surface area (Å²) in [5, 5.41) is 17.7. The van der Waals surface area contributed by atoms with Crippen molar-refractivity contribution < 1.29 is 37.0 Å². The van der Waals surface area contributed by atoms with Gasteiger partial charge < -0.3 is 15.9 Å². The van der Waals surface area contributed by atoms with Crippen molar-refractivity contribution in [2.45, 2.75) is 31.5 Å². The van der Waals surface area contributed by atoms with Crippen LogP contribution in [-0.2, 0) is 4.79 Å². The van der Waals surface area contributed by atoms with Gasteiger partial charge in [0.2, 0.25) is 0 Å². The molecule has 0 bridgehead atoms. The number of nitrogens with two attached hydrogens (primary N) is 1. The SMILES string of the molecule is NC(c1cc(Cl)c(Cl)cc1O)C1CCN(CC(F)F)CC1.O=C(O)C(F)(F)F. The highest BCUT2D eigenvalue weighted by molar-refractivity contribution is 6.42. The Hall–Kier alpha value is -1.36. The predicted octanol–water partition coefficient (Wildman–Crippen LogP) is 4.31. The number of alkyl halides is 5. The van der Waals surface area contributed by atoms with E-state index in [1.54, 1.807) is 11.0 Å². The number of rotatable bonds is 4. The fraction of sp³-hybridized carbons (Fsp3) is 0.562. The minimum atomic E-state index is -5.08. The first-order valence-corrected chi connectivity index (χ1v) is 8.82. The first-order valence-electron chi connectivity index (χ1n) is 8.07. The van der Waals surface area contributed by atoms with Gasteiger partial charge in [0.05, 0.1) is 16.6 Å². The van der Waals surface area contributed by atoms with Crippen molar-refractivity contribution in [2.75, 3.05) is 19.6 Å². The summed E-state index contributed by atoms with van der Waals surface area (Å²) in [7, 11) is 0. The number of likely N-dealkylation sites (tertiary alicyclic amines) is 1. The van der Waals surface area contributed by atoms with Crippen LogP contribution in [0, 0.1) is 5.92 Å². The van der Waals surface area contributed by atoms with Gasteiger partial charge in [-0.25, -0.2) is 13.6 Å². The molecule has 0 spiro atoms. The van der Waals surface area contributed by atoms with Crippen LogP contribution < -0.4 is 5.73 Å². The zero-order chi connectivity index (χ0) is 21.6. The Labute approximate surface area is 167 Å². The van der Waals surface area contributed by atoms with Gasteiger partial charge >= 0.3 is 12.1 Å². The molecule has 1 aromatic rings. The van der Waals surface area contributed by atoms with Crippen LogP contribution >= 0.6 is 23.2 Å². The van der Waals surface area contributed by atoms with E-state index in [0.717, 1.165) is 0 Å². The van der Waals surface area contributed by atoms with Crippen LogP contribution in [0.1, 0.15) is 24.4 Å². The molecular weight excluding hydrogens is 434 g/mol. The van der Waals surface area contributed by atoms with E-state index in [4.69, 9.17) is 38.8 Å². The van der Waals surface area contributed by atoms with Gasteiger partial charge in [-0.15, -0.1) is 0 Å². The number of phenolic OH excluding ortho intramolecular Hbond substituents is 1. The summed E-state index contributed by atoms with van der Waals surface area (Å²) < 4.78 is 56.4. The second kappa shape index (κ2) is 10.4. The number of hydrogen-bond donors (Lipinski definition) is 3. The number of hydrogen-bond acceptors (Lipinski definition) is 4. The molecule has 1 atom stereocenters. The molecule has 0 aromatic heterocycles. The van der Waals surface area contributed by atoms with Crippen LogP contribution in [-0.4, -0.2) is 53.3 Å². The van der Waals surface area contributed by atoms with E-state index >= 15 is 0 Å². The van der Waals surface area contributed by atoms with Crippen molar-refractivity contribution >= 4 is 29.2 Å². The molecule has 1 saturated heterocycles. The van der Waals surface area contributed by atoms with Gasteiger partial charge in [0.1, 0.15) is 5.75 Å². The van der Waals surface area contributed by atoms with E-state index in [1.807, 2.05) is 0 Å². The number of halogens is 7. The molecule has 5 nitrogen and oxygen atoms in total. The summed E-state index contributed by atoms with van der Waals surface area (Å²) in [5.41, 5.74) is 6.76. The zero-order valence-corrected chi connectivity index (χ0v) is 15.9. The van der Waals surface area contributed by atoms with Crippen molar-refractivity contribution in [1.29, 1.82) is 0 Å². The van der Waals surface area contributed by atoms with Crippen LogP contribution in [0.25, 0.3) is 0 Å². The first-order chi connectivity index (χ1) is 12.8. The number of piperidine rings is 1. The Bertz CT molecular complexity index is 668. The number of nitrogens with zero attached hydrogens (tertiary/aromatic N) is 1. The molecule has 1 aliphatic rings. The third kappa shape index (κ3) is 7.57. The smallest absolute Gasteiger partial charge is 0.490 e. The van der Waals surface area contributed by atoms with Crippen LogP contribution in [0.3, 0.4) is 0 Å². The predicted molar refractivity (Wildman–Crippen MR) is 93.9 cm³/mol. The highest BCUT2D eigenvalue weighted by Gasteiger charge is 2.38. The van der Waals surface area contributed by atoms with Gasteiger partial charge in [0.25, 0.3) is 6.43 Å². The standard InChI is InChI=1S/C14H18Cl2F2N2O.C2HF3O2/c15-10-5-9(12(21)6-11(10)16)14(19)8-1-3-20(4-2-8)7-13(17)18;3-2(4,5)1(6)7/h5-6,8,13-14,21H,1-4,7,19H2;(H,6,7). The summed E-state index contributed by atoms with van der Waals surface area (Å²) in [6.07, 6.45) is -5.96. The Balaban J connectivity index is 0.000000480. The lowest BCUT2D eigenvalue weighted by Crippen LogP contribution is -2.39. The number of aromatic hydroxyl groups is 1. The summed E-state index contributed by atoms with van der Waals surface area (Å²) >= 11 is 11.8. The lowest BCUT2D eigenvalue weighted by atomic mass is 9.85. The molecular formula is C16H19Cl2F5N2O3. The molecule has 1 fully saturated rings. The highest BCUT2D eigenvalue weighted by atomic mass is 35.5. The molecule has 1 aliphatic heterocycles. The van der Waals surface area contributed by atoms with Crippen molar-refractivity contribution in [3.63, 3.8) is 0 Å². The van der Waals surface area contributed by atoms with Gasteiger partial charge in [-0.1, -0.05) is 23.2 Å². The largest absolute Gasteiger partial charge is 0.508 e. The molecule has 1 unspecified atom stereocenters. The summed E-state index contributed by atoms with van der Waals surface area (Å²) in [4.78, 5) is 10.6. The van der Waals surface area contributed by atoms with Gasteiger partial charge in [0, 0.05) is 17.7 Å². The van der Waals surface area contributed by atoms with Crippen molar-refractivity contribution in [3.05, 3.63) is 27.7 Å². The highest BCUT2D eigenvalue weighted by Crippen LogP contribution is 2.37. The third-order valence-electron chi connectivity index (χ3n) is 4.21. The van der Waals surface area contributed by atoms with Gasteiger partial charge in [-0.2, -0.15) is 13.2 Å². The quantitative estimate of drug-likeness (QED) is 0.592. The Morgan fingerprint density at radius 1 is 1.21 bits per heavy atom. The maximum atomic E-state index is 12.3. The second-order valence-electron chi connectivity index (χ2n) is 6.18. The minimum absolute atomic E-state index is 0.0203. The lowest BCUT2D eigenvalue weighted by Gasteiger charge is -2.34. The van der Waals surface area contributed by atoms with Crippen molar-refractivity contribution in [1.82, 2.24) is 4.90 Å². The van der Waals surface area contributed by atoms with Gasteiger partial charge in [-0.3, -0.25) is 4.90 Å². The molecule has 0 amide bonds. The van der Waals surface area contributed by atoms with E-state index in [9.17, 15) is 27.1 Å². The van der Waals surface area contributed by atoms with Crippen molar-refractivity contribution in [2.24, 2.45) is 11.7 Å². The monoisotopic (exact) mass is 452 g/mol. The average Bonchev–Trinajstić information content (AvgIpc) is 2.57. The molecule has 160 valence electrons. The maximum absolute atomic E-state index is 12.3. The summed E-state index contributed by atoms with van der Waals surface area (Å²) in [6.45, 7) is 0.982. The number of carbonyl (C=O) groups is 1. The first kappa shape index (κ1) is 24.7. The molecule has 28 heavy (non-hydrogen) atoms. The molecule has 1 heterocycles. The molecule has 2 rings (SSSR count). The Morgan fingerprint density at radius 3 is 2.11 bits per heavy atom. The minimum Gasteiger partial charge on any atom is -0.508 e. The van der Waals surface area contributed by atoms with Crippen LogP contribution in [0.15, 0.2) is 12.1 Å². The number of aliphatic carboxylic acids is 1. The van der Waals surface area contributed by atoms with Crippen LogP contribution in [0.2, 0.25) is 10.0 Å². The van der Waals surface area contributed by atoms with Gasteiger partial charge in [0.15, 0.2) is 0 Å². The molecule has 12 heteroatoms. The maximum Gasteiger partial charge on any atom is 0.490 e. The number of carboxylic acid groups (broad SMARTS) is 1. The van der Waals surface area contributed by atoms with E-state index in [-0.39, 0.29) is 29.3 Å². The molecule has 4 N–H and O–H groups in total. The topological polar surface area (TPSA) is 86.8 Å². The molecule has 0 radical (unpaired) electrons. The van der Waals surface area contributed by atoms with E-state index in [2.05, 4.69) is 0 Å². The zero-order valence-electron chi connectivity index (χ0n) is 14.4. The van der Waals surface area contributed by atoms with E-state index in [0.29, 0.717) is 36.5 Å². The fourth-order valence-electron chi connectivity index (χ4n) is 2.76. The van der Waals surface area contributed by atoms with Crippen LogP contribution in [0.5, 0.6) is 5.75 Å². The Kier molecular flexibility index (Phi) is 9.19.